The van der Waals surface area contributed by atoms with Crippen LogP contribution in [0.15, 0.2) is 79.3 Å². The second kappa shape index (κ2) is 6.66. The fourth-order valence-electron chi connectivity index (χ4n) is 3.75. The Balaban J connectivity index is 1.36. The number of nitrogens with zero attached hydrogens (tertiary/aromatic N) is 5. The molecule has 0 aliphatic carbocycles. The summed E-state index contributed by atoms with van der Waals surface area (Å²) in [7, 11) is 0. The molecule has 0 aliphatic heterocycles. The Morgan fingerprint density at radius 1 is 0.933 bits per heavy atom. The van der Waals surface area contributed by atoms with Gasteiger partial charge in [0.2, 0.25) is 0 Å². The Kier molecular flexibility index (Phi) is 3.70. The maximum absolute atomic E-state index is 4.77. The van der Waals surface area contributed by atoms with Crippen LogP contribution in [-0.4, -0.2) is 29.5 Å². The monoisotopic (exact) mass is 391 g/mol. The van der Waals surface area contributed by atoms with Gasteiger partial charge in [-0.2, -0.15) is 0 Å². The number of pyridine rings is 1. The number of imidazole rings is 1. The minimum absolute atomic E-state index is 0.657. The number of aromatic amines is 1. The molecule has 0 saturated carbocycles. The van der Waals surface area contributed by atoms with Crippen LogP contribution >= 0.6 is 0 Å². The molecule has 0 aliphatic rings. The van der Waals surface area contributed by atoms with Crippen LogP contribution in [0, 0.1) is 0 Å². The molecule has 0 bridgehead atoms. The van der Waals surface area contributed by atoms with Crippen LogP contribution in [0.1, 0.15) is 11.4 Å². The maximum atomic E-state index is 4.77. The summed E-state index contributed by atoms with van der Waals surface area (Å²) in [6.07, 6.45) is 4.21. The van der Waals surface area contributed by atoms with E-state index in [1.165, 1.54) is 11.9 Å². The molecule has 0 atom stereocenters. The number of H-pyrrole nitrogens is 1. The molecule has 6 rings (SSSR count). The molecule has 0 fully saturated rings. The van der Waals surface area contributed by atoms with Gasteiger partial charge in [0.05, 0.1) is 21.9 Å². The highest BCUT2D eigenvalue weighted by atomic mass is 15.2. The van der Waals surface area contributed by atoms with Crippen molar-refractivity contribution in [2.24, 2.45) is 0 Å². The van der Waals surface area contributed by atoms with E-state index in [4.69, 9.17) is 4.98 Å². The molecular formula is C23H17N7. The Morgan fingerprint density at radius 3 is 2.77 bits per heavy atom. The predicted octanol–water partition coefficient (Wildman–Crippen LogP) is 4.49. The smallest absolute Gasteiger partial charge is 0.187 e. The molecular weight excluding hydrogens is 374 g/mol. The zero-order valence-corrected chi connectivity index (χ0v) is 15.9. The number of anilines is 2. The van der Waals surface area contributed by atoms with E-state index in [0.717, 1.165) is 45.7 Å². The summed E-state index contributed by atoms with van der Waals surface area (Å²) in [5.74, 6) is 1.67. The fourth-order valence-corrected chi connectivity index (χ4v) is 3.75. The van der Waals surface area contributed by atoms with Gasteiger partial charge in [0.1, 0.15) is 18.0 Å². The first-order valence-corrected chi connectivity index (χ1v) is 9.71. The van der Waals surface area contributed by atoms with Crippen LogP contribution < -0.4 is 5.32 Å². The van der Waals surface area contributed by atoms with Gasteiger partial charge >= 0.3 is 0 Å². The van der Waals surface area contributed by atoms with E-state index in [-0.39, 0.29) is 0 Å². The van der Waals surface area contributed by atoms with E-state index in [2.05, 4.69) is 37.5 Å². The van der Waals surface area contributed by atoms with Gasteiger partial charge in [-0.3, -0.25) is 0 Å². The summed E-state index contributed by atoms with van der Waals surface area (Å²) in [5.41, 5.74) is 5.68. The summed E-state index contributed by atoms with van der Waals surface area (Å²) in [6, 6.07) is 22.3. The molecule has 144 valence electrons. The summed E-state index contributed by atoms with van der Waals surface area (Å²) >= 11 is 0. The van der Waals surface area contributed by atoms with Crippen molar-refractivity contribution in [2.75, 3.05) is 5.32 Å². The molecule has 0 amide bonds. The Labute approximate surface area is 171 Å². The summed E-state index contributed by atoms with van der Waals surface area (Å²) in [4.78, 5) is 17.0. The van der Waals surface area contributed by atoms with E-state index in [9.17, 15) is 0 Å². The summed E-state index contributed by atoms with van der Waals surface area (Å²) in [5, 5.41) is 8.83. The van der Waals surface area contributed by atoms with Gasteiger partial charge in [-0.15, -0.1) is 5.10 Å². The largest absolute Gasteiger partial charge is 0.342 e. The van der Waals surface area contributed by atoms with Crippen molar-refractivity contribution in [1.82, 2.24) is 29.5 Å². The van der Waals surface area contributed by atoms with Crippen molar-refractivity contribution in [3.05, 3.63) is 90.6 Å². The maximum Gasteiger partial charge on any atom is 0.187 e. The Morgan fingerprint density at radius 2 is 1.83 bits per heavy atom. The lowest BCUT2D eigenvalue weighted by Crippen LogP contribution is -1.95. The van der Waals surface area contributed by atoms with Gasteiger partial charge in [-0.25, -0.2) is 19.5 Å². The molecule has 0 radical (unpaired) electrons. The van der Waals surface area contributed by atoms with E-state index in [1.54, 1.807) is 0 Å². The van der Waals surface area contributed by atoms with Crippen molar-refractivity contribution in [3.8, 4) is 0 Å². The standard InChI is InChI=1S/C23H17N7/c1-2-6-15(7-3-1)12-20-27-17-10-9-16(13-18(17)28-20)26-22-21-19-8-4-5-11-30(19)29-23(21)25-14-24-22/h1-11,13-14H,12H2,(H,27,28)(H,24,25,26,29). The normalized spacial score (nSPS) is 11.5. The number of nitrogens with one attached hydrogen (secondary N) is 2. The van der Waals surface area contributed by atoms with Gasteiger partial charge in [0, 0.05) is 18.3 Å². The number of rotatable bonds is 4. The van der Waals surface area contributed by atoms with Gasteiger partial charge in [0.25, 0.3) is 0 Å². The van der Waals surface area contributed by atoms with Crippen LogP contribution in [0.3, 0.4) is 0 Å². The Bertz CT molecular complexity index is 1500. The predicted molar refractivity (Wildman–Crippen MR) is 117 cm³/mol. The topological polar surface area (TPSA) is 83.8 Å². The molecule has 7 heteroatoms. The summed E-state index contributed by atoms with van der Waals surface area (Å²) < 4.78 is 1.82. The highest BCUT2D eigenvalue weighted by molar-refractivity contribution is 6.01. The quantitative estimate of drug-likeness (QED) is 0.463. The third kappa shape index (κ3) is 2.84. The van der Waals surface area contributed by atoms with Crippen molar-refractivity contribution in [2.45, 2.75) is 6.42 Å². The minimum atomic E-state index is 0.657. The molecule has 2 aromatic carbocycles. The first kappa shape index (κ1) is 16.7. The molecule has 0 spiro atoms. The highest BCUT2D eigenvalue weighted by Gasteiger charge is 2.12. The van der Waals surface area contributed by atoms with Gasteiger partial charge in [-0.05, 0) is 35.9 Å². The zero-order valence-electron chi connectivity index (χ0n) is 15.9. The van der Waals surface area contributed by atoms with Crippen molar-refractivity contribution >= 4 is 39.1 Å². The third-order valence-corrected chi connectivity index (χ3v) is 5.13. The fraction of sp³-hybridized carbons (Fsp3) is 0.0435. The third-order valence-electron chi connectivity index (χ3n) is 5.13. The zero-order chi connectivity index (χ0) is 19.9. The van der Waals surface area contributed by atoms with Crippen LogP contribution in [0.5, 0.6) is 0 Å². The SMILES string of the molecule is c1ccc(Cc2nc3cc(Nc4ncnc5nn6ccccc6c45)ccc3[nH]2)cc1. The molecule has 0 unspecified atom stereocenters. The van der Waals surface area contributed by atoms with E-state index in [0.29, 0.717) is 5.65 Å². The molecule has 6 aromatic rings. The molecule has 4 heterocycles. The first-order valence-electron chi connectivity index (χ1n) is 9.71. The van der Waals surface area contributed by atoms with Crippen LogP contribution in [0.2, 0.25) is 0 Å². The molecule has 30 heavy (non-hydrogen) atoms. The van der Waals surface area contributed by atoms with Crippen LogP contribution in [0.4, 0.5) is 11.5 Å². The van der Waals surface area contributed by atoms with Crippen molar-refractivity contribution in [1.29, 1.82) is 0 Å². The lowest BCUT2D eigenvalue weighted by molar-refractivity contribution is 0.969. The Hall–Kier alpha value is -4.26. The number of hydrogen-bond acceptors (Lipinski definition) is 5. The number of aromatic nitrogens is 6. The molecule has 4 aromatic heterocycles. The second-order valence-corrected chi connectivity index (χ2v) is 7.15. The van der Waals surface area contributed by atoms with E-state index < -0.39 is 0 Å². The number of hydrogen-bond donors (Lipinski definition) is 2. The molecule has 0 saturated heterocycles. The van der Waals surface area contributed by atoms with Crippen LogP contribution in [-0.2, 0) is 6.42 Å². The minimum Gasteiger partial charge on any atom is -0.342 e. The van der Waals surface area contributed by atoms with E-state index >= 15 is 0 Å². The summed E-state index contributed by atoms with van der Waals surface area (Å²) in [6.45, 7) is 0. The lowest BCUT2D eigenvalue weighted by atomic mass is 10.1. The van der Waals surface area contributed by atoms with Crippen molar-refractivity contribution in [3.63, 3.8) is 0 Å². The van der Waals surface area contributed by atoms with Gasteiger partial charge in [0.15, 0.2) is 5.65 Å². The molecule has 2 N–H and O–H groups in total. The highest BCUT2D eigenvalue weighted by Crippen LogP contribution is 2.28. The average Bonchev–Trinajstić information content (AvgIpc) is 3.35. The lowest BCUT2D eigenvalue weighted by Gasteiger charge is -2.06. The second-order valence-electron chi connectivity index (χ2n) is 7.15. The van der Waals surface area contributed by atoms with Gasteiger partial charge in [-0.1, -0.05) is 36.4 Å². The number of fused-ring (bicyclic) bond motifs is 4. The van der Waals surface area contributed by atoms with Crippen molar-refractivity contribution < 1.29 is 0 Å². The molecule has 7 nitrogen and oxygen atoms in total. The van der Waals surface area contributed by atoms with Crippen LogP contribution in [0.25, 0.3) is 27.6 Å². The van der Waals surface area contributed by atoms with Gasteiger partial charge < -0.3 is 10.3 Å². The number of benzene rings is 2. The average molecular weight is 391 g/mol. The first-order chi connectivity index (χ1) is 14.8. The van der Waals surface area contributed by atoms with E-state index in [1.807, 2.05) is 65.3 Å².